The molecule has 0 bridgehead atoms. The molecule has 1 heterocycles. The lowest BCUT2D eigenvalue weighted by Crippen LogP contribution is -2.40. The second-order valence-corrected chi connectivity index (χ2v) is 5.23. The van der Waals surface area contributed by atoms with Crippen LogP contribution in [0.15, 0.2) is 18.2 Å². The summed E-state index contributed by atoms with van der Waals surface area (Å²) in [6, 6.07) is 4.11. The largest absolute Gasteiger partial charge is 0.393 e. The lowest BCUT2D eigenvalue weighted by molar-refractivity contribution is -0.384. The van der Waals surface area contributed by atoms with Crippen LogP contribution in [-0.4, -0.2) is 40.0 Å². The van der Waals surface area contributed by atoms with Crippen molar-refractivity contribution in [3.63, 3.8) is 0 Å². The van der Waals surface area contributed by atoms with Crippen molar-refractivity contribution in [1.82, 2.24) is 4.90 Å². The van der Waals surface area contributed by atoms with Crippen molar-refractivity contribution in [2.45, 2.75) is 25.4 Å². The van der Waals surface area contributed by atoms with Gasteiger partial charge in [0.25, 0.3) is 5.69 Å². The van der Waals surface area contributed by atoms with E-state index in [0.29, 0.717) is 31.5 Å². The number of nitro benzene ring substituents is 1. The lowest BCUT2D eigenvalue weighted by Gasteiger charge is -2.29. The molecule has 6 nitrogen and oxygen atoms in total. The molecule has 0 atom stereocenters. The number of non-ortho nitro benzene ring substituents is 1. The molecule has 7 heteroatoms. The number of nitrogens with zero attached hydrogens (tertiary/aromatic N) is 2. The maximum atomic E-state index is 12.1. The molecule has 20 heavy (non-hydrogen) atoms. The number of carbonyl (C=O) groups excluding carboxylic acids is 1. The van der Waals surface area contributed by atoms with Crippen LogP contribution >= 0.6 is 11.6 Å². The lowest BCUT2D eigenvalue weighted by atomic mass is 10.1. The summed E-state index contributed by atoms with van der Waals surface area (Å²) in [5, 5.41) is 20.2. The predicted octanol–water partition coefficient (Wildman–Crippen LogP) is 1.77. The number of amides is 1. The van der Waals surface area contributed by atoms with E-state index in [-0.39, 0.29) is 29.1 Å². The van der Waals surface area contributed by atoms with Crippen molar-refractivity contribution in [2.75, 3.05) is 13.1 Å². The highest BCUT2D eigenvalue weighted by molar-refractivity contribution is 6.31. The molecular weight excluding hydrogens is 284 g/mol. The number of nitro groups is 1. The SMILES string of the molecule is O=C(Cc1ccc([N+](=O)[O-])cc1Cl)N1CCC(O)CC1. The van der Waals surface area contributed by atoms with E-state index < -0.39 is 4.92 Å². The predicted molar refractivity (Wildman–Crippen MR) is 73.6 cm³/mol. The van der Waals surface area contributed by atoms with Gasteiger partial charge in [-0.1, -0.05) is 17.7 Å². The number of hydrogen-bond donors (Lipinski definition) is 1. The van der Waals surface area contributed by atoms with E-state index in [1.54, 1.807) is 4.90 Å². The normalized spacial score (nSPS) is 16.2. The number of piperidine rings is 1. The molecule has 2 rings (SSSR count). The van der Waals surface area contributed by atoms with Gasteiger partial charge in [-0.05, 0) is 18.4 Å². The number of aliphatic hydroxyl groups excluding tert-OH is 1. The molecule has 0 aromatic heterocycles. The minimum absolute atomic E-state index is 0.0762. The van der Waals surface area contributed by atoms with Gasteiger partial charge in [0.2, 0.25) is 5.91 Å². The van der Waals surface area contributed by atoms with E-state index in [1.165, 1.54) is 18.2 Å². The third-order valence-electron chi connectivity index (χ3n) is 3.41. The number of rotatable bonds is 3. The van der Waals surface area contributed by atoms with Gasteiger partial charge >= 0.3 is 0 Å². The van der Waals surface area contributed by atoms with Gasteiger partial charge in [-0.15, -0.1) is 0 Å². The first-order chi connectivity index (χ1) is 9.47. The van der Waals surface area contributed by atoms with Crippen molar-refractivity contribution in [3.05, 3.63) is 38.9 Å². The van der Waals surface area contributed by atoms with Gasteiger partial charge in [-0.2, -0.15) is 0 Å². The van der Waals surface area contributed by atoms with Crippen LogP contribution in [0.1, 0.15) is 18.4 Å². The molecule has 1 N–H and O–H groups in total. The minimum Gasteiger partial charge on any atom is -0.393 e. The summed E-state index contributed by atoms with van der Waals surface area (Å²) in [7, 11) is 0. The zero-order valence-corrected chi connectivity index (χ0v) is 11.5. The maximum absolute atomic E-state index is 12.1. The molecule has 1 saturated heterocycles. The summed E-state index contributed by atoms with van der Waals surface area (Å²) in [6.45, 7) is 1.06. The maximum Gasteiger partial charge on any atom is 0.270 e. The Kier molecular flexibility index (Phi) is 4.57. The summed E-state index contributed by atoms with van der Waals surface area (Å²) in [5.74, 6) is -0.0762. The average Bonchev–Trinajstić information content (AvgIpc) is 2.41. The summed E-state index contributed by atoms with van der Waals surface area (Å²) in [5.41, 5.74) is 0.487. The molecule has 0 spiro atoms. The number of halogens is 1. The fraction of sp³-hybridized carbons (Fsp3) is 0.462. The molecule has 1 amide bonds. The third-order valence-corrected chi connectivity index (χ3v) is 3.76. The van der Waals surface area contributed by atoms with Crippen LogP contribution in [0.5, 0.6) is 0 Å². The Morgan fingerprint density at radius 2 is 2.10 bits per heavy atom. The number of carbonyl (C=O) groups is 1. The highest BCUT2D eigenvalue weighted by Crippen LogP contribution is 2.23. The van der Waals surface area contributed by atoms with Crippen molar-refractivity contribution < 1.29 is 14.8 Å². The second-order valence-electron chi connectivity index (χ2n) is 4.82. The number of hydrogen-bond acceptors (Lipinski definition) is 4. The molecule has 0 unspecified atom stereocenters. The van der Waals surface area contributed by atoms with E-state index in [4.69, 9.17) is 11.6 Å². The van der Waals surface area contributed by atoms with Crippen LogP contribution in [0.25, 0.3) is 0 Å². The van der Waals surface area contributed by atoms with Crippen LogP contribution in [0.2, 0.25) is 5.02 Å². The molecule has 0 saturated carbocycles. The van der Waals surface area contributed by atoms with E-state index in [0.717, 1.165) is 0 Å². The van der Waals surface area contributed by atoms with Gasteiger partial charge in [0.15, 0.2) is 0 Å². The summed E-state index contributed by atoms with van der Waals surface area (Å²) in [6.07, 6.45) is 0.953. The molecular formula is C13H15ClN2O4. The number of benzene rings is 1. The Bertz CT molecular complexity index is 527. The molecule has 1 aromatic rings. The van der Waals surface area contributed by atoms with E-state index >= 15 is 0 Å². The summed E-state index contributed by atoms with van der Waals surface area (Å²) >= 11 is 5.96. The smallest absolute Gasteiger partial charge is 0.270 e. The average molecular weight is 299 g/mol. The standard InChI is InChI=1S/C13H15ClN2O4/c14-12-8-10(16(19)20)2-1-9(12)7-13(18)15-5-3-11(17)4-6-15/h1-2,8,11,17H,3-7H2. The van der Waals surface area contributed by atoms with E-state index in [2.05, 4.69) is 0 Å². The van der Waals surface area contributed by atoms with Crippen molar-refractivity contribution in [3.8, 4) is 0 Å². The zero-order chi connectivity index (χ0) is 14.7. The Balaban J connectivity index is 2.02. The Hall–Kier alpha value is -1.66. The third kappa shape index (κ3) is 3.46. The first-order valence-corrected chi connectivity index (χ1v) is 6.74. The molecule has 0 radical (unpaired) electrons. The Labute approximate surface area is 121 Å². The van der Waals surface area contributed by atoms with Gasteiger partial charge < -0.3 is 10.0 Å². The van der Waals surface area contributed by atoms with Gasteiger partial charge in [-0.3, -0.25) is 14.9 Å². The summed E-state index contributed by atoms with van der Waals surface area (Å²) < 4.78 is 0. The highest BCUT2D eigenvalue weighted by Gasteiger charge is 2.22. The van der Waals surface area contributed by atoms with Gasteiger partial charge in [-0.25, -0.2) is 0 Å². The monoisotopic (exact) mass is 298 g/mol. The number of likely N-dealkylation sites (tertiary alicyclic amines) is 1. The van der Waals surface area contributed by atoms with Gasteiger partial charge in [0.1, 0.15) is 0 Å². The van der Waals surface area contributed by atoms with E-state index in [1.807, 2.05) is 0 Å². The minimum atomic E-state index is -0.524. The quantitative estimate of drug-likeness (QED) is 0.681. The Morgan fingerprint density at radius 1 is 1.45 bits per heavy atom. The van der Waals surface area contributed by atoms with Crippen LogP contribution in [-0.2, 0) is 11.2 Å². The van der Waals surface area contributed by atoms with Crippen molar-refractivity contribution >= 4 is 23.2 Å². The zero-order valence-electron chi connectivity index (χ0n) is 10.8. The van der Waals surface area contributed by atoms with Crippen molar-refractivity contribution in [1.29, 1.82) is 0 Å². The fourth-order valence-corrected chi connectivity index (χ4v) is 2.42. The Morgan fingerprint density at radius 3 is 2.65 bits per heavy atom. The number of aliphatic hydroxyl groups is 1. The molecule has 1 fully saturated rings. The second kappa shape index (κ2) is 6.19. The van der Waals surface area contributed by atoms with Crippen LogP contribution < -0.4 is 0 Å². The topological polar surface area (TPSA) is 83.7 Å². The fourth-order valence-electron chi connectivity index (χ4n) is 2.18. The molecule has 0 aliphatic carbocycles. The van der Waals surface area contributed by atoms with Crippen LogP contribution in [0.4, 0.5) is 5.69 Å². The molecule has 1 aliphatic heterocycles. The van der Waals surface area contributed by atoms with Crippen LogP contribution in [0.3, 0.4) is 0 Å². The van der Waals surface area contributed by atoms with Gasteiger partial charge in [0.05, 0.1) is 22.5 Å². The van der Waals surface area contributed by atoms with Gasteiger partial charge in [0, 0.05) is 25.2 Å². The van der Waals surface area contributed by atoms with Crippen LogP contribution in [0, 0.1) is 10.1 Å². The molecule has 1 aromatic carbocycles. The first-order valence-electron chi connectivity index (χ1n) is 6.36. The van der Waals surface area contributed by atoms with Crippen molar-refractivity contribution in [2.24, 2.45) is 0 Å². The molecule has 1 aliphatic rings. The van der Waals surface area contributed by atoms with E-state index in [9.17, 15) is 20.0 Å². The molecule has 108 valence electrons. The highest BCUT2D eigenvalue weighted by atomic mass is 35.5. The summed E-state index contributed by atoms with van der Waals surface area (Å²) in [4.78, 5) is 23.9. The first kappa shape index (κ1) is 14.7.